The van der Waals surface area contributed by atoms with Gasteiger partial charge in [0.25, 0.3) is 5.91 Å². The highest BCUT2D eigenvalue weighted by Crippen LogP contribution is 2.23. The monoisotopic (exact) mass is 342 g/mol. The number of carbonyl (C=O) groups excluding carboxylic acids is 1. The summed E-state index contributed by atoms with van der Waals surface area (Å²) >= 11 is 0. The van der Waals surface area contributed by atoms with Crippen molar-refractivity contribution in [3.05, 3.63) is 71.4 Å². The predicted molar refractivity (Wildman–Crippen MR) is 90.4 cm³/mol. The van der Waals surface area contributed by atoms with Crippen molar-refractivity contribution >= 4 is 16.8 Å². The van der Waals surface area contributed by atoms with E-state index in [1.807, 2.05) is 6.07 Å². The Labute approximate surface area is 143 Å². The molecule has 2 aromatic carbocycles. The zero-order valence-electron chi connectivity index (χ0n) is 13.6. The number of pyridine rings is 1. The van der Waals surface area contributed by atoms with Crippen molar-refractivity contribution in [1.29, 1.82) is 0 Å². The summed E-state index contributed by atoms with van der Waals surface area (Å²) in [6, 6.07) is 10.7. The van der Waals surface area contributed by atoms with Crippen molar-refractivity contribution in [3.8, 4) is 5.75 Å². The van der Waals surface area contributed by atoms with Gasteiger partial charge in [0.05, 0.1) is 12.1 Å². The first-order valence-corrected chi connectivity index (χ1v) is 7.82. The Kier molecular flexibility index (Phi) is 4.88. The number of nitrogens with one attached hydrogen (secondary N) is 1. The van der Waals surface area contributed by atoms with E-state index in [9.17, 15) is 13.6 Å². The summed E-state index contributed by atoms with van der Waals surface area (Å²) in [5, 5.41) is 3.42. The van der Waals surface area contributed by atoms with Gasteiger partial charge in [0.1, 0.15) is 5.82 Å². The number of aromatic nitrogens is 1. The van der Waals surface area contributed by atoms with Crippen LogP contribution in [0.3, 0.4) is 0 Å². The molecule has 3 aromatic rings. The summed E-state index contributed by atoms with van der Waals surface area (Å²) in [5.74, 6) is -1.84. The van der Waals surface area contributed by atoms with Gasteiger partial charge in [0.15, 0.2) is 11.6 Å². The molecule has 0 aliphatic carbocycles. The Balaban J connectivity index is 1.77. The van der Waals surface area contributed by atoms with Crippen LogP contribution in [0.25, 0.3) is 10.9 Å². The molecule has 0 aliphatic heterocycles. The van der Waals surface area contributed by atoms with Gasteiger partial charge in [-0.1, -0.05) is 6.07 Å². The lowest BCUT2D eigenvalue weighted by Crippen LogP contribution is -2.23. The van der Waals surface area contributed by atoms with Crippen molar-refractivity contribution in [1.82, 2.24) is 10.3 Å². The molecule has 0 spiro atoms. The standard InChI is InChI=1S/C19H16F2N2O2/c1-2-25-17-10-15(20)9-14(18(17)21)11-23-19(24)13-5-6-16-12(8-13)4-3-7-22-16/h3-10H,2,11H2,1H3,(H,23,24). The molecule has 6 heteroatoms. The van der Waals surface area contributed by atoms with Gasteiger partial charge in [-0.3, -0.25) is 9.78 Å². The molecule has 0 saturated carbocycles. The van der Waals surface area contributed by atoms with Crippen LogP contribution in [0.2, 0.25) is 0 Å². The normalized spacial score (nSPS) is 10.7. The first-order valence-electron chi connectivity index (χ1n) is 7.82. The molecule has 0 saturated heterocycles. The van der Waals surface area contributed by atoms with Gasteiger partial charge in [-0.05, 0) is 37.3 Å². The zero-order valence-corrected chi connectivity index (χ0v) is 13.6. The first-order chi connectivity index (χ1) is 12.1. The molecule has 1 N–H and O–H groups in total. The Hall–Kier alpha value is -3.02. The topological polar surface area (TPSA) is 51.2 Å². The van der Waals surface area contributed by atoms with Gasteiger partial charge in [0.2, 0.25) is 0 Å². The average molecular weight is 342 g/mol. The van der Waals surface area contributed by atoms with Crippen molar-refractivity contribution in [2.75, 3.05) is 6.61 Å². The van der Waals surface area contributed by atoms with E-state index in [1.54, 1.807) is 37.4 Å². The third-order valence-electron chi connectivity index (χ3n) is 3.68. The molecule has 0 unspecified atom stereocenters. The summed E-state index contributed by atoms with van der Waals surface area (Å²) in [6.07, 6.45) is 1.67. The Morgan fingerprint density at radius 1 is 1.20 bits per heavy atom. The van der Waals surface area contributed by atoms with Crippen LogP contribution in [0.1, 0.15) is 22.8 Å². The van der Waals surface area contributed by atoms with Crippen LogP contribution < -0.4 is 10.1 Å². The quantitative estimate of drug-likeness (QED) is 0.766. The highest BCUT2D eigenvalue weighted by Gasteiger charge is 2.14. The molecule has 4 nitrogen and oxygen atoms in total. The van der Waals surface area contributed by atoms with Crippen LogP contribution in [-0.2, 0) is 6.54 Å². The highest BCUT2D eigenvalue weighted by molar-refractivity contribution is 5.97. The molecular weight excluding hydrogens is 326 g/mol. The fourth-order valence-electron chi connectivity index (χ4n) is 2.50. The van der Waals surface area contributed by atoms with Crippen LogP contribution >= 0.6 is 0 Å². The summed E-state index contributed by atoms with van der Waals surface area (Å²) in [7, 11) is 0. The Morgan fingerprint density at radius 2 is 2.04 bits per heavy atom. The van der Waals surface area contributed by atoms with Crippen molar-refractivity contribution < 1.29 is 18.3 Å². The van der Waals surface area contributed by atoms with Crippen LogP contribution in [0.4, 0.5) is 8.78 Å². The van der Waals surface area contributed by atoms with Crippen LogP contribution in [0.5, 0.6) is 5.75 Å². The smallest absolute Gasteiger partial charge is 0.251 e. The molecule has 1 aromatic heterocycles. The zero-order chi connectivity index (χ0) is 17.8. The maximum absolute atomic E-state index is 14.2. The van der Waals surface area contributed by atoms with Crippen LogP contribution in [0, 0.1) is 11.6 Å². The second-order valence-electron chi connectivity index (χ2n) is 5.40. The Morgan fingerprint density at radius 3 is 2.84 bits per heavy atom. The molecular formula is C19H16F2N2O2. The number of rotatable bonds is 5. The number of nitrogens with zero attached hydrogens (tertiary/aromatic N) is 1. The van der Waals surface area contributed by atoms with E-state index in [0.717, 1.165) is 23.0 Å². The molecule has 25 heavy (non-hydrogen) atoms. The maximum Gasteiger partial charge on any atom is 0.251 e. The van der Waals surface area contributed by atoms with E-state index < -0.39 is 11.6 Å². The molecule has 0 radical (unpaired) electrons. The van der Waals surface area contributed by atoms with E-state index in [1.165, 1.54) is 0 Å². The third kappa shape index (κ3) is 3.74. The number of hydrogen-bond acceptors (Lipinski definition) is 3. The molecule has 0 fully saturated rings. The van der Waals surface area contributed by atoms with E-state index in [2.05, 4.69) is 10.3 Å². The summed E-state index contributed by atoms with van der Waals surface area (Å²) in [5.41, 5.74) is 1.22. The molecule has 0 atom stereocenters. The van der Waals surface area contributed by atoms with Crippen molar-refractivity contribution in [3.63, 3.8) is 0 Å². The van der Waals surface area contributed by atoms with Crippen LogP contribution in [-0.4, -0.2) is 17.5 Å². The fourth-order valence-corrected chi connectivity index (χ4v) is 2.50. The minimum atomic E-state index is -0.675. The van der Waals surface area contributed by atoms with Crippen LogP contribution in [0.15, 0.2) is 48.7 Å². The molecule has 0 bridgehead atoms. The number of hydrogen-bond donors (Lipinski definition) is 1. The summed E-state index contributed by atoms with van der Waals surface area (Å²) < 4.78 is 32.9. The number of benzene rings is 2. The number of fused-ring (bicyclic) bond motifs is 1. The highest BCUT2D eigenvalue weighted by atomic mass is 19.1. The van der Waals surface area contributed by atoms with Crippen molar-refractivity contribution in [2.45, 2.75) is 13.5 Å². The number of ether oxygens (including phenoxy) is 1. The fraction of sp³-hybridized carbons (Fsp3) is 0.158. The summed E-state index contributed by atoms with van der Waals surface area (Å²) in [6.45, 7) is 1.76. The lowest BCUT2D eigenvalue weighted by atomic mass is 10.1. The molecule has 3 rings (SSSR count). The Bertz CT molecular complexity index is 928. The van der Waals surface area contributed by atoms with Gasteiger partial charge in [-0.25, -0.2) is 8.78 Å². The average Bonchev–Trinajstić information content (AvgIpc) is 2.62. The summed E-state index contributed by atoms with van der Waals surface area (Å²) in [4.78, 5) is 16.5. The van der Waals surface area contributed by atoms with Crippen molar-refractivity contribution in [2.24, 2.45) is 0 Å². The van der Waals surface area contributed by atoms with E-state index in [0.29, 0.717) is 5.56 Å². The lowest BCUT2D eigenvalue weighted by molar-refractivity contribution is 0.0950. The molecule has 128 valence electrons. The van der Waals surface area contributed by atoms with Gasteiger partial charge in [-0.15, -0.1) is 0 Å². The van der Waals surface area contributed by atoms with E-state index >= 15 is 0 Å². The minimum absolute atomic E-state index is 0.0271. The van der Waals surface area contributed by atoms with E-state index in [-0.39, 0.29) is 30.4 Å². The number of carbonyl (C=O) groups is 1. The second kappa shape index (κ2) is 7.25. The molecule has 1 amide bonds. The lowest BCUT2D eigenvalue weighted by Gasteiger charge is -2.11. The van der Waals surface area contributed by atoms with Gasteiger partial charge >= 0.3 is 0 Å². The number of amides is 1. The largest absolute Gasteiger partial charge is 0.491 e. The second-order valence-corrected chi connectivity index (χ2v) is 5.40. The predicted octanol–water partition coefficient (Wildman–Crippen LogP) is 3.84. The maximum atomic E-state index is 14.2. The van der Waals surface area contributed by atoms with Gasteiger partial charge in [-0.2, -0.15) is 0 Å². The third-order valence-corrected chi connectivity index (χ3v) is 3.68. The van der Waals surface area contributed by atoms with Gasteiger partial charge in [0, 0.05) is 35.3 Å². The molecule has 1 heterocycles. The number of halogens is 2. The molecule has 0 aliphatic rings. The first kappa shape index (κ1) is 16.8. The van der Waals surface area contributed by atoms with Gasteiger partial charge < -0.3 is 10.1 Å². The SMILES string of the molecule is CCOc1cc(F)cc(CNC(=O)c2ccc3ncccc3c2)c1F. The van der Waals surface area contributed by atoms with E-state index in [4.69, 9.17) is 4.74 Å². The minimum Gasteiger partial charge on any atom is -0.491 e.